The summed E-state index contributed by atoms with van der Waals surface area (Å²) in [6.45, 7) is 4.06. The van der Waals surface area contributed by atoms with Gasteiger partial charge in [-0.2, -0.15) is 4.98 Å². The Kier molecular flexibility index (Phi) is 5.72. The van der Waals surface area contributed by atoms with Crippen molar-refractivity contribution < 1.29 is 14.4 Å². The van der Waals surface area contributed by atoms with Gasteiger partial charge < -0.3 is 14.4 Å². The molecule has 6 nitrogen and oxygen atoms in total. The Labute approximate surface area is 126 Å². The first-order chi connectivity index (χ1) is 10.0. The van der Waals surface area contributed by atoms with Gasteiger partial charge in [0.2, 0.25) is 5.89 Å². The van der Waals surface area contributed by atoms with Crippen LogP contribution >= 0.6 is 0 Å². The van der Waals surface area contributed by atoms with Crippen molar-refractivity contribution in [1.82, 2.24) is 15.0 Å². The van der Waals surface area contributed by atoms with Crippen molar-refractivity contribution in [3.8, 4) is 0 Å². The molecule has 2 rings (SSSR count). The lowest BCUT2D eigenvalue weighted by Gasteiger charge is -2.37. The summed E-state index contributed by atoms with van der Waals surface area (Å²) in [5.41, 5.74) is -0.569. The minimum absolute atomic E-state index is 0.567. The molecule has 1 aromatic rings. The monoisotopic (exact) mass is 297 g/mol. The van der Waals surface area contributed by atoms with E-state index in [9.17, 15) is 5.11 Å². The molecule has 0 radical (unpaired) electrons. The highest BCUT2D eigenvalue weighted by atomic mass is 16.5. The standard InChI is InChI=1S/C15H27N3O3/c1-12-4-7-15(19,8-5-12)11-18(2)10-14-16-13(17-21-14)6-9-20-3/h12,19H,4-11H2,1-3H3. The van der Waals surface area contributed by atoms with Crippen LogP contribution in [0.1, 0.15) is 44.3 Å². The Morgan fingerprint density at radius 3 is 2.81 bits per heavy atom. The lowest BCUT2D eigenvalue weighted by molar-refractivity contribution is -0.0328. The Bertz CT molecular complexity index is 428. The van der Waals surface area contributed by atoms with Crippen LogP contribution in [0.4, 0.5) is 0 Å². The van der Waals surface area contributed by atoms with E-state index in [2.05, 4.69) is 22.0 Å². The number of rotatable bonds is 7. The molecule has 0 bridgehead atoms. The lowest BCUT2D eigenvalue weighted by atomic mass is 9.79. The third kappa shape index (κ3) is 5.05. The molecule has 21 heavy (non-hydrogen) atoms. The molecular weight excluding hydrogens is 270 g/mol. The van der Waals surface area contributed by atoms with Crippen molar-refractivity contribution in [3.63, 3.8) is 0 Å². The molecule has 1 heterocycles. The van der Waals surface area contributed by atoms with Crippen LogP contribution in [0, 0.1) is 5.92 Å². The van der Waals surface area contributed by atoms with Gasteiger partial charge in [0, 0.05) is 20.1 Å². The fourth-order valence-corrected chi connectivity index (χ4v) is 2.90. The summed E-state index contributed by atoms with van der Waals surface area (Å²) in [7, 11) is 3.63. The molecule has 0 amide bonds. The predicted molar refractivity (Wildman–Crippen MR) is 78.8 cm³/mol. The average molecular weight is 297 g/mol. The number of nitrogens with zero attached hydrogens (tertiary/aromatic N) is 3. The highest BCUT2D eigenvalue weighted by molar-refractivity contribution is 4.90. The molecule has 1 aliphatic rings. The maximum absolute atomic E-state index is 10.6. The van der Waals surface area contributed by atoms with Gasteiger partial charge in [0.25, 0.3) is 0 Å². The first kappa shape index (κ1) is 16.4. The van der Waals surface area contributed by atoms with Crippen LogP contribution in [-0.2, 0) is 17.7 Å². The Balaban J connectivity index is 1.81. The van der Waals surface area contributed by atoms with Gasteiger partial charge in [-0.15, -0.1) is 0 Å². The summed E-state index contributed by atoms with van der Waals surface area (Å²) in [5.74, 6) is 2.00. The average Bonchev–Trinajstić information content (AvgIpc) is 2.87. The number of aromatic nitrogens is 2. The second-order valence-corrected chi connectivity index (χ2v) is 6.43. The van der Waals surface area contributed by atoms with Gasteiger partial charge in [0.05, 0.1) is 18.8 Å². The minimum Gasteiger partial charge on any atom is -0.389 e. The molecule has 0 aliphatic heterocycles. The first-order valence-electron chi connectivity index (χ1n) is 7.72. The molecule has 1 aliphatic carbocycles. The topological polar surface area (TPSA) is 71.6 Å². The smallest absolute Gasteiger partial charge is 0.240 e. The van der Waals surface area contributed by atoms with E-state index in [4.69, 9.17) is 9.26 Å². The van der Waals surface area contributed by atoms with Crippen LogP contribution in [0.25, 0.3) is 0 Å². The minimum atomic E-state index is -0.569. The molecule has 0 atom stereocenters. The van der Waals surface area contributed by atoms with Crippen LogP contribution < -0.4 is 0 Å². The number of hydrogen-bond donors (Lipinski definition) is 1. The van der Waals surface area contributed by atoms with Crippen molar-refractivity contribution in [2.24, 2.45) is 5.92 Å². The van der Waals surface area contributed by atoms with Crippen molar-refractivity contribution in [3.05, 3.63) is 11.7 Å². The Hall–Kier alpha value is -0.980. The Morgan fingerprint density at radius 1 is 1.43 bits per heavy atom. The molecule has 1 saturated carbocycles. The zero-order chi connectivity index (χ0) is 15.3. The number of aliphatic hydroxyl groups is 1. The molecule has 0 aromatic carbocycles. The second-order valence-electron chi connectivity index (χ2n) is 6.43. The lowest BCUT2D eigenvalue weighted by Crippen LogP contribution is -2.43. The fourth-order valence-electron chi connectivity index (χ4n) is 2.90. The van der Waals surface area contributed by atoms with Crippen LogP contribution in [0.15, 0.2) is 4.52 Å². The van der Waals surface area contributed by atoms with Gasteiger partial charge >= 0.3 is 0 Å². The molecule has 1 fully saturated rings. The summed E-state index contributed by atoms with van der Waals surface area (Å²) < 4.78 is 10.2. The summed E-state index contributed by atoms with van der Waals surface area (Å²) in [4.78, 5) is 6.39. The predicted octanol–water partition coefficient (Wildman–Crippen LogP) is 1.63. The van der Waals surface area contributed by atoms with E-state index in [-0.39, 0.29) is 0 Å². The SMILES string of the molecule is COCCc1noc(CN(C)CC2(O)CCC(C)CC2)n1. The third-order valence-electron chi connectivity index (χ3n) is 4.21. The van der Waals surface area contributed by atoms with Crippen molar-refractivity contribution >= 4 is 0 Å². The van der Waals surface area contributed by atoms with Crippen LogP contribution in [-0.4, -0.2) is 53.1 Å². The molecule has 1 aromatic heterocycles. The van der Waals surface area contributed by atoms with E-state index in [1.165, 1.54) is 0 Å². The first-order valence-corrected chi connectivity index (χ1v) is 7.72. The molecule has 120 valence electrons. The fraction of sp³-hybridized carbons (Fsp3) is 0.867. The highest BCUT2D eigenvalue weighted by Gasteiger charge is 2.33. The normalized spacial score (nSPS) is 26.4. The van der Waals surface area contributed by atoms with Gasteiger partial charge in [-0.25, -0.2) is 0 Å². The highest BCUT2D eigenvalue weighted by Crippen LogP contribution is 2.32. The molecule has 6 heteroatoms. The zero-order valence-corrected chi connectivity index (χ0v) is 13.3. The number of hydrogen-bond acceptors (Lipinski definition) is 6. The van der Waals surface area contributed by atoms with E-state index in [1.807, 2.05) is 7.05 Å². The van der Waals surface area contributed by atoms with Gasteiger partial charge in [-0.05, 0) is 38.6 Å². The molecule has 0 saturated heterocycles. The Morgan fingerprint density at radius 2 is 2.14 bits per heavy atom. The third-order valence-corrected chi connectivity index (χ3v) is 4.21. The van der Waals surface area contributed by atoms with Crippen molar-refractivity contribution in [2.45, 2.75) is 51.2 Å². The number of likely N-dealkylation sites (N-methyl/N-ethyl adjacent to an activating group) is 1. The summed E-state index contributed by atoms with van der Waals surface area (Å²) in [6.07, 6.45) is 4.62. The van der Waals surface area contributed by atoms with Gasteiger partial charge in [0.1, 0.15) is 0 Å². The quantitative estimate of drug-likeness (QED) is 0.825. The van der Waals surface area contributed by atoms with Crippen LogP contribution in [0.5, 0.6) is 0 Å². The van der Waals surface area contributed by atoms with E-state index >= 15 is 0 Å². The second kappa shape index (κ2) is 7.33. The number of methoxy groups -OCH3 is 1. The maximum Gasteiger partial charge on any atom is 0.240 e. The van der Waals surface area contributed by atoms with Crippen LogP contribution in [0.2, 0.25) is 0 Å². The van der Waals surface area contributed by atoms with Gasteiger partial charge in [0.15, 0.2) is 5.82 Å². The molecule has 0 spiro atoms. The van der Waals surface area contributed by atoms with E-state index < -0.39 is 5.60 Å². The maximum atomic E-state index is 10.6. The van der Waals surface area contributed by atoms with Crippen molar-refractivity contribution in [2.75, 3.05) is 27.3 Å². The van der Waals surface area contributed by atoms with E-state index in [1.54, 1.807) is 7.11 Å². The zero-order valence-electron chi connectivity index (χ0n) is 13.3. The van der Waals surface area contributed by atoms with E-state index in [0.717, 1.165) is 31.6 Å². The summed E-state index contributed by atoms with van der Waals surface area (Å²) >= 11 is 0. The molecule has 1 N–H and O–H groups in total. The summed E-state index contributed by atoms with van der Waals surface area (Å²) in [6, 6.07) is 0. The molecule has 0 unspecified atom stereocenters. The van der Waals surface area contributed by atoms with E-state index in [0.29, 0.717) is 37.8 Å². The summed E-state index contributed by atoms with van der Waals surface area (Å²) in [5, 5.41) is 14.6. The largest absolute Gasteiger partial charge is 0.389 e. The molecular formula is C15H27N3O3. The van der Waals surface area contributed by atoms with Gasteiger partial charge in [-0.1, -0.05) is 12.1 Å². The van der Waals surface area contributed by atoms with Crippen molar-refractivity contribution in [1.29, 1.82) is 0 Å². The van der Waals surface area contributed by atoms with Crippen LogP contribution in [0.3, 0.4) is 0 Å². The van der Waals surface area contributed by atoms with Gasteiger partial charge in [-0.3, -0.25) is 4.90 Å². The number of ether oxygens (including phenoxy) is 1.